The molecule has 1 nitrogen and oxygen atoms in total. The average molecular weight is 252 g/mol. The summed E-state index contributed by atoms with van der Waals surface area (Å²) in [5, 5.41) is 0. The summed E-state index contributed by atoms with van der Waals surface area (Å²) >= 11 is 0. The monoisotopic (exact) mass is 252 g/mol. The largest absolute Gasteiger partial charge is 0.384 e. The van der Waals surface area contributed by atoms with Crippen LogP contribution in [0.2, 0.25) is 0 Å². The molecule has 0 N–H and O–H groups in total. The molecule has 0 amide bonds. The molecule has 2 fully saturated rings. The van der Waals surface area contributed by atoms with Gasteiger partial charge in [-0.25, -0.2) is 0 Å². The fourth-order valence-electron chi connectivity index (χ4n) is 4.01. The quantitative estimate of drug-likeness (QED) is 0.665. The van der Waals surface area contributed by atoms with Crippen LogP contribution >= 0.6 is 0 Å². The van der Waals surface area contributed by atoms with E-state index in [4.69, 9.17) is 4.74 Å². The SMILES string of the molecule is COCC1CCC(CC[C@H]2CC[C@H](C)CC2)CC1. The van der Waals surface area contributed by atoms with E-state index in [2.05, 4.69) is 6.92 Å². The molecule has 2 rings (SSSR count). The Bertz CT molecular complexity index is 210. The van der Waals surface area contributed by atoms with Crippen molar-refractivity contribution in [2.24, 2.45) is 23.7 Å². The Balaban J connectivity index is 1.57. The van der Waals surface area contributed by atoms with Gasteiger partial charge in [0, 0.05) is 13.7 Å². The standard InChI is InChI=1S/C17H32O/c1-14-3-5-15(6-4-14)7-8-16-9-11-17(12-10-16)13-18-2/h14-17H,3-13H2,1-2H3/t14-,15-,16?,17?. The average Bonchev–Trinajstić information content (AvgIpc) is 2.40. The lowest BCUT2D eigenvalue weighted by atomic mass is 9.76. The maximum absolute atomic E-state index is 5.28. The van der Waals surface area contributed by atoms with Crippen molar-refractivity contribution in [2.75, 3.05) is 13.7 Å². The molecule has 0 spiro atoms. The highest BCUT2D eigenvalue weighted by molar-refractivity contribution is 4.75. The van der Waals surface area contributed by atoms with Crippen molar-refractivity contribution in [2.45, 2.75) is 71.1 Å². The van der Waals surface area contributed by atoms with Gasteiger partial charge in [0.15, 0.2) is 0 Å². The molecule has 0 atom stereocenters. The second-order valence-electron chi connectivity index (χ2n) is 7.05. The van der Waals surface area contributed by atoms with E-state index in [1.54, 1.807) is 0 Å². The van der Waals surface area contributed by atoms with Gasteiger partial charge in [-0.3, -0.25) is 0 Å². The summed E-state index contributed by atoms with van der Waals surface area (Å²) in [6.07, 6.45) is 14.8. The highest BCUT2D eigenvalue weighted by Crippen LogP contribution is 2.36. The molecule has 0 aromatic heterocycles. The van der Waals surface area contributed by atoms with Gasteiger partial charge in [0.2, 0.25) is 0 Å². The molecule has 2 aliphatic carbocycles. The van der Waals surface area contributed by atoms with Crippen LogP contribution in [0.3, 0.4) is 0 Å². The van der Waals surface area contributed by atoms with Gasteiger partial charge in [0.05, 0.1) is 0 Å². The summed E-state index contributed by atoms with van der Waals surface area (Å²) < 4.78 is 5.28. The zero-order chi connectivity index (χ0) is 12.8. The molecule has 0 radical (unpaired) electrons. The Hall–Kier alpha value is -0.0400. The van der Waals surface area contributed by atoms with E-state index in [9.17, 15) is 0 Å². The van der Waals surface area contributed by atoms with Crippen molar-refractivity contribution in [3.05, 3.63) is 0 Å². The molecule has 106 valence electrons. The van der Waals surface area contributed by atoms with Crippen LogP contribution in [0.1, 0.15) is 71.1 Å². The maximum Gasteiger partial charge on any atom is 0.0490 e. The van der Waals surface area contributed by atoms with E-state index in [-0.39, 0.29) is 0 Å². The molecule has 0 heterocycles. The van der Waals surface area contributed by atoms with Gasteiger partial charge in [-0.1, -0.05) is 58.3 Å². The van der Waals surface area contributed by atoms with Gasteiger partial charge in [-0.2, -0.15) is 0 Å². The van der Waals surface area contributed by atoms with E-state index in [0.717, 1.165) is 30.3 Å². The third kappa shape index (κ3) is 4.57. The Morgan fingerprint density at radius 2 is 1.17 bits per heavy atom. The smallest absolute Gasteiger partial charge is 0.0490 e. The maximum atomic E-state index is 5.28. The highest BCUT2D eigenvalue weighted by Gasteiger charge is 2.23. The van der Waals surface area contributed by atoms with Crippen LogP contribution in [0.15, 0.2) is 0 Å². The number of ether oxygens (including phenoxy) is 1. The van der Waals surface area contributed by atoms with Crippen LogP contribution in [0.4, 0.5) is 0 Å². The first-order valence-electron chi connectivity index (χ1n) is 8.27. The van der Waals surface area contributed by atoms with Crippen molar-refractivity contribution < 1.29 is 4.74 Å². The summed E-state index contributed by atoms with van der Waals surface area (Å²) in [6.45, 7) is 3.42. The van der Waals surface area contributed by atoms with Crippen molar-refractivity contribution in [1.82, 2.24) is 0 Å². The molecule has 0 aliphatic heterocycles. The Labute approximate surface area is 114 Å². The van der Waals surface area contributed by atoms with E-state index >= 15 is 0 Å². The molecule has 1 heteroatoms. The predicted molar refractivity (Wildman–Crippen MR) is 77.7 cm³/mol. The van der Waals surface area contributed by atoms with E-state index in [0.29, 0.717) is 0 Å². The van der Waals surface area contributed by atoms with Gasteiger partial charge < -0.3 is 4.74 Å². The fraction of sp³-hybridized carbons (Fsp3) is 1.00. The first-order valence-corrected chi connectivity index (χ1v) is 8.27. The molecular weight excluding hydrogens is 220 g/mol. The van der Waals surface area contributed by atoms with E-state index in [1.165, 1.54) is 64.2 Å². The van der Waals surface area contributed by atoms with Crippen molar-refractivity contribution >= 4 is 0 Å². The highest BCUT2D eigenvalue weighted by atomic mass is 16.5. The third-order valence-electron chi connectivity index (χ3n) is 5.49. The minimum atomic E-state index is 0.863. The lowest BCUT2D eigenvalue weighted by Gasteiger charge is -2.31. The number of hydrogen-bond donors (Lipinski definition) is 0. The summed E-state index contributed by atoms with van der Waals surface area (Å²) in [6, 6.07) is 0. The third-order valence-corrected chi connectivity index (χ3v) is 5.49. The number of rotatable bonds is 5. The first kappa shape index (κ1) is 14.4. The molecule has 2 saturated carbocycles. The van der Waals surface area contributed by atoms with Gasteiger partial charge >= 0.3 is 0 Å². The van der Waals surface area contributed by atoms with Gasteiger partial charge in [0.1, 0.15) is 0 Å². The molecule has 0 aromatic rings. The predicted octanol–water partition coefficient (Wildman–Crippen LogP) is 5.05. The van der Waals surface area contributed by atoms with Crippen LogP contribution in [0, 0.1) is 23.7 Å². The van der Waals surface area contributed by atoms with Crippen molar-refractivity contribution in [1.29, 1.82) is 0 Å². The molecule has 0 aromatic carbocycles. The summed E-state index contributed by atoms with van der Waals surface area (Å²) in [4.78, 5) is 0. The number of methoxy groups -OCH3 is 1. The molecule has 0 bridgehead atoms. The minimum Gasteiger partial charge on any atom is -0.384 e. The van der Waals surface area contributed by atoms with Crippen LogP contribution in [0.25, 0.3) is 0 Å². The summed E-state index contributed by atoms with van der Waals surface area (Å²) in [5.74, 6) is 3.97. The minimum absolute atomic E-state index is 0.863. The van der Waals surface area contributed by atoms with E-state index < -0.39 is 0 Å². The topological polar surface area (TPSA) is 9.23 Å². The van der Waals surface area contributed by atoms with Crippen molar-refractivity contribution in [3.63, 3.8) is 0 Å². The summed E-state index contributed by atoms with van der Waals surface area (Å²) in [7, 11) is 1.84. The lowest BCUT2D eigenvalue weighted by molar-refractivity contribution is 0.115. The molecule has 2 aliphatic rings. The molecule has 18 heavy (non-hydrogen) atoms. The van der Waals surface area contributed by atoms with Crippen LogP contribution in [0.5, 0.6) is 0 Å². The lowest BCUT2D eigenvalue weighted by Crippen LogP contribution is -2.19. The van der Waals surface area contributed by atoms with Crippen LogP contribution in [-0.4, -0.2) is 13.7 Å². The van der Waals surface area contributed by atoms with E-state index in [1.807, 2.05) is 7.11 Å². The Morgan fingerprint density at radius 3 is 1.67 bits per heavy atom. The first-order chi connectivity index (χ1) is 8.78. The second kappa shape index (κ2) is 7.53. The molecular formula is C17H32O. The normalized spacial score (nSPS) is 37.7. The van der Waals surface area contributed by atoms with Gasteiger partial charge in [-0.15, -0.1) is 0 Å². The Kier molecular flexibility index (Phi) is 6.01. The summed E-state index contributed by atoms with van der Waals surface area (Å²) in [5.41, 5.74) is 0. The fourth-order valence-corrected chi connectivity index (χ4v) is 4.01. The van der Waals surface area contributed by atoms with Crippen LogP contribution in [-0.2, 0) is 4.74 Å². The Morgan fingerprint density at radius 1 is 0.722 bits per heavy atom. The zero-order valence-corrected chi connectivity index (χ0v) is 12.5. The van der Waals surface area contributed by atoms with Crippen LogP contribution < -0.4 is 0 Å². The molecule has 0 saturated heterocycles. The van der Waals surface area contributed by atoms with Gasteiger partial charge in [-0.05, 0) is 36.5 Å². The van der Waals surface area contributed by atoms with Crippen molar-refractivity contribution in [3.8, 4) is 0 Å². The molecule has 0 unspecified atom stereocenters. The number of hydrogen-bond acceptors (Lipinski definition) is 1. The van der Waals surface area contributed by atoms with Gasteiger partial charge in [0.25, 0.3) is 0 Å². The second-order valence-corrected chi connectivity index (χ2v) is 7.05. The zero-order valence-electron chi connectivity index (χ0n) is 12.5.